The molecular weight excluding hydrogens is 254 g/mol. The Bertz CT molecular complexity index is 343. The predicted octanol–water partition coefficient (Wildman–Crippen LogP) is 3.63. The van der Waals surface area contributed by atoms with Crippen molar-refractivity contribution in [1.82, 2.24) is 5.32 Å². The Balaban J connectivity index is 1.65. The van der Waals surface area contributed by atoms with Crippen LogP contribution in [-0.4, -0.2) is 6.54 Å². The van der Waals surface area contributed by atoms with Crippen LogP contribution in [0.1, 0.15) is 31.4 Å². The molecule has 2 rings (SSSR count). The van der Waals surface area contributed by atoms with E-state index in [0.717, 1.165) is 23.3 Å². The standard InChI is InChI=1S/C12H16BrNO/c13-11-6-8-15-12(11)9-14-7-5-10-3-1-2-4-10/h3,6,8,14H,1-2,4-5,7,9H2. The molecule has 1 aromatic rings. The van der Waals surface area contributed by atoms with Crippen molar-refractivity contribution < 1.29 is 4.42 Å². The summed E-state index contributed by atoms with van der Waals surface area (Å²) < 4.78 is 6.36. The van der Waals surface area contributed by atoms with Crippen LogP contribution in [0.5, 0.6) is 0 Å². The number of furan rings is 1. The SMILES string of the molecule is Brc1ccoc1CNCCC1=CCCC1. The Morgan fingerprint density at radius 2 is 2.40 bits per heavy atom. The minimum Gasteiger partial charge on any atom is -0.467 e. The molecule has 0 aromatic carbocycles. The number of halogens is 1. The molecule has 1 N–H and O–H groups in total. The van der Waals surface area contributed by atoms with Crippen molar-refractivity contribution in [1.29, 1.82) is 0 Å². The minimum absolute atomic E-state index is 0.806. The van der Waals surface area contributed by atoms with Gasteiger partial charge < -0.3 is 9.73 Å². The molecule has 3 heteroatoms. The van der Waals surface area contributed by atoms with Crippen molar-refractivity contribution in [3.05, 3.63) is 34.2 Å². The number of allylic oxidation sites excluding steroid dienone is 1. The van der Waals surface area contributed by atoms with Gasteiger partial charge in [0.1, 0.15) is 5.76 Å². The lowest BCUT2D eigenvalue weighted by Crippen LogP contribution is -2.14. The number of hydrogen-bond acceptors (Lipinski definition) is 2. The van der Waals surface area contributed by atoms with Crippen LogP contribution in [-0.2, 0) is 6.54 Å². The normalized spacial score (nSPS) is 15.7. The summed E-state index contributed by atoms with van der Waals surface area (Å²) in [7, 11) is 0. The van der Waals surface area contributed by atoms with Gasteiger partial charge in [-0.3, -0.25) is 0 Å². The lowest BCUT2D eigenvalue weighted by atomic mass is 10.2. The maximum absolute atomic E-state index is 5.31. The third-order valence-electron chi connectivity index (χ3n) is 2.73. The van der Waals surface area contributed by atoms with Gasteiger partial charge in [0.05, 0.1) is 17.3 Å². The largest absolute Gasteiger partial charge is 0.467 e. The van der Waals surface area contributed by atoms with Crippen LogP contribution >= 0.6 is 15.9 Å². The molecule has 0 saturated carbocycles. The first kappa shape index (κ1) is 11.0. The Hall–Kier alpha value is -0.540. The van der Waals surface area contributed by atoms with E-state index in [-0.39, 0.29) is 0 Å². The molecule has 0 aliphatic heterocycles. The summed E-state index contributed by atoms with van der Waals surface area (Å²) in [5, 5.41) is 3.39. The Kier molecular flexibility index (Phi) is 4.03. The van der Waals surface area contributed by atoms with E-state index in [9.17, 15) is 0 Å². The van der Waals surface area contributed by atoms with Crippen LogP contribution in [0.3, 0.4) is 0 Å². The fourth-order valence-electron chi connectivity index (χ4n) is 1.87. The molecule has 0 bridgehead atoms. The topological polar surface area (TPSA) is 25.2 Å². The van der Waals surface area contributed by atoms with Crippen molar-refractivity contribution in [3.8, 4) is 0 Å². The van der Waals surface area contributed by atoms with Crippen molar-refractivity contribution in [2.45, 2.75) is 32.2 Å². The first-order valence-corrected chi connectivity index (χ1v) is 6.26. The van der Waals surface area contributed by atoms with E-state index in [1.807, 2.05) is 6.07 Å². The maximum Gasteiger partial charge on any atom is 0.131 e. The van der Waals surface area contributed by atoms with Gasteiger partial charge in [0.15, 0.2) is 0 Å². The molecule has 0 amide bonds. The zero-order valence-corrected chi connectivity index (χ0v) is 10.3. The molecule has 0 unspecified atom stereocenters. The number of hydrogen-bond donors (Lipinski definition) is 1. The van der Waals surface area contributed by atoms with Gasteiger partial charge in [0.25, 0.3) is 0 Å². The van der Waals surface area contributed by atoms with Crippen molar-refractivity contribution in [2.75, 3.05) is 6.54 Å². The van der Waals surface area contributed by atoms with Gasteiger partial charge in [0.2, 0.25) is 0 Å². The molecule has 15 heavy (non-hydrogen) atoms. The minimum atomic E-state index is 0.806. The third kappa shape index (κ3) is 3.21. The zero-order chi connectivity index (χ0) is 10.5. The summed E-state index contributed by atoms with van der Waals surface area (Å²) >= 11 is 3.44. The second kappa shape index (κ2) is 5.52. The van der Waals surface area contributed by atoms with Crippen LogP contribution < -0.4 is 5.32 Å². The lowest BCUT2D eigenvalue weighted by molar-refractivity contribution is 0.481. The van der Waals surface area contributed by atoms with Crippen molar-refractivity contribution in [3.63, 3.8) is 0 Å². The molecule has 1 heterocycles. The fraction of sp³-hybridized carbons (Fsp3) is 0.500. The van der Waals surface area contributed by atoms with Crippen LogP contribution in [0.2, 0.25) is 0 Å². The third-order valence-corrected chi connectivity index (χ3v) is 3.44. The van der Waals surface area contributed by atoms with Gasteiger partial charge in [-0.2, -0.15) is 0 Å². The van der Waals surface area contributed by atoms with Gasteiger partial charge in [0, 0.05) is 0 Å². The highest BCUT2D eigenvalue weighted by Crippen LogP contribution is 2.20. The van der Waals surface area contributed by atoms with Gasteiger partial charge in [-0.1, -0.05) is 11.6 Å². The fourth-order valence-corrected chi connectivity index (χ4v) is 2.21. The Morgan fingerprint density at radius 1 is 1.47 bits per heavy atom. The van der Waals surface area contributed by atoms with Crippen LogP contribution in [0.4, 0.5) is 0 Å². The van der Waals surface area contributed by atoms with Gasteiger partial charge in [-0.05, 0) is 54.2 Å². The average Bonchev–Trinajstić information content (AvgIpc) is 2.85. The van der Waals surface area contributed by atoms with Gasteiger partial charge >= 0.3 is 0 Å². The van der Waals surface area contributed by atoms with Crippen LogP contribution in [0, 0.1) is 0 Å². The average molecular weight is 270 g/mol. The maximum atomic E-state index is 5.31. The molecule has 0 fully saturated rings. The second-order valence-electron chi connectivity index (χ2n) is 3.87. The highest BCUT2D eigenvalue weighted by Gasteiger charge is 2.05. The van der Waals surface area contributed by atoms with Crippen LogP contribution in [0.25, 0.3) is 0 Å². The first-order chi connectivity index (χ1) is 7.36. The monoisotopic (exact) mass is 269 g/mol. The predicted molar refractivity (Wildman–Crippen MR) is 64.7 cm³/mol. The van der Waals surface area contributed by atoms with Gasteiger partial charge in [-0.15, -0.1) is 0 Å². The molecule has 0 atom stereocenters. The summed E-state index contributed by atoms with van der Waals surface area (Å²) in [6.07, 6.45) is 9.19. The zero-order valence-electron chi connectivity index (χ0n) is 8.76. The summed E-state index contributed by atoms with van der Waals surface area (Å²) in [5.41, 5.74) is 1.61. The molecular formula is C12H16BrNO. The summed E-state index contributed by atoms with van der Waals surface area (Å²) in [6, 6.07) is 1.93. The number of rotatable bonds is 5. The summed E-state index contributed by atoms with van der Waals surface area (Å²) in [4.78, 5) is 0. The van der Waals surface area contributed by atoms with E-state index in [0.29, 0.717) is 0 Å². The van der Waals surface area contributed by atoms with Crippen molar-refractivity contribution >= 4 is 15.9 Å². The molecule has 2 nitrogen and oxygen atoms in total. The number of nitrogens with one attached hydrogen (secondary N) is 1. The van der Waals surface area contributed by atoms with E-state index in [4.69, 9.17) is 4.42 Å². The van der Waals surface area contributed by atoms with Gasteiger partial charge in [-0.25, -0.2) is 0 Å². The van der Waals surface area contributed by atoms with E-state index < -0.39 is 0 Å². The smallest absolute Gasteiger partial charge is 0.131 e. The van der Waals surface area contributed by atoms with E-state index >= 15 is 0 Å². The second-order valence-corrected chi connectivity index (χ2v) is 4.73. The molecule has 0 saturated heterocycles. The quantitative estimate of drug-likeness (QED) is 0.652. The summed E-state index contributed by atoms with van der Waals surface area (Å²) in [6.45, 7) is 1.85. The lowest BCUT2D eigenvalue weighted by Gasteiger charge is -2.03. The van der Waals surface area contributed by atoms with Crippen molar-refractivity contribution in [2.24, 2.45) is 0 Å². The molecule has 0 radical (unpaired) electrons. The van der Waals surface area contributed by atoms with Crippen LogP contribution in [0.15, 0.2) is 32.9 Å². The molecule has 82 valence electrons. The van der Waals surface area contributed by atoms with E-state index in [1.165, 1.54) is 25.7 Å². The van der Waals surface area contributed by atoms with E-state index in [1.54, 1.807) is 11.8 Å². The molecule has 1 aromatic heterocycles. The highest BCUT2D eigenvalue weighted by atomic mass is 79.9. The highest BCUT2D eigenvalue weighted by molar-refractivity contribution is 9.10. The molecule has 1 aliphatic carbocycles. The Labute approximate surface area is 98.9 Å². The first-order valence-electron chi connectivity index (χ1n) is 5.47. The van der Waals surface area contributed by atoms with E-state index in [2.05, 4.69) is 27.3 Å². The molecule has 0 spiro atoms. The Morgan fingerprint density at radius 3 is 3.07 bits per heavy atom. The molecule has 1 aliphatic rings. The summed E-state index contributed by atoms with van der Waals surface area (Å²) in [5.74, 6) is 0.982.